The number of hydrogen-bond acceptors (Lipinski definition) is 4. The maximum Gasteiger partial charge on any atom is 1.00 e. The van der Waals surface area contributed by atoms with E-state index in [4.69, 9.17) is 33.7 Å². The molecule has 31 heavy (non-hydrogen) atoms. The predicted octanol–water partition coefficient (Wildman–Crippen LogP) is 0.381. The van der Waals surface area contributed by atoms with Crippen molar-refractivity contribution >= 4 is 56.9 Å². The molecule has 1 heterocycles. The molecule has 4 rings (SSSR count). The summed E-state index contributed by atoms with van der Waals surface area (Å²) >= 11 is 12.8. The second-order valence-corrected chi connectivity index (χ2v) is 7.48. The zero-order valence-corrected chi connectivity index (χ0v) is 20.0. The number of aliphatic carboxylic acids is 1. The Morgan fingerprint density at radius 3 is 2.13 bits per heavy atom. The van der Waals surface area contributed by atoms with E-state index in [1.165, 1.54) is 0 Å². The smallest absolute Gasteiger partial charge is 0.546 e. The topological polar surface area (TPSA) is 97.4 Å². The molecule has 0 unspecified atom stereocenters. The average Bonchev–Trinajstić information content (AvgIpc) is 3.03. The summed E-state index contributed by atoms with van der Waals surface area (Å²) in [6.45, 7) is -0.300. The van der Waals surface area contributed by atoms with Gasteiger partial charge in [-0.15, -0.1) is 0 Å². The van der Waals surface area contributed by atoms with Gasteiger partial charge in [0.05, 0.1) is 28.9 Å². The Labute approximate surface area is 209 Å². The second-order valence-electron chi connectivity index (χ2n) is 6.66. The van der Waals surface area contributed by atoms with Crippen molar-refractivity contribution in [3.63, 3.8) is 0 Å². The monoisotopic (exact) mass is 464 g/mol. The molecule has 0 aliphatic heterocycles. The molecule has 0 spiro atoms. The number of halogens is 2. The number of amides is 1. The standard InChI is InChI=1S/C22H16Cl2N2O4.Na/c23-14-5-2-6-15(24)13(14)10-26-16-7-1-4-12(22(25)29)20(16)21-17(26)8-3-9-18(21)30-11-19(27)28;/h1-9H,10-11H2,(H2,25,29)(H,27,28);/q;+1/p-1. The van der Waals surface area contributed by atoms with Gasteiger partial charge in [-0.25, -0.2) is 0 Å². The summed E-state index contributed by atoms with van der Waals surface area (Å²) in [4.78, 5) is 23.1. The summed E-state index contributed by atoms with van der Waals surface area (Å²) in [7, 11) is 0. The molecule has 3 aromatic carbocycles. The Morgan fingerprint density at radius 1 is 0.935 bits per heavy atom. The van der Waals surface area contributed by atoms with Crippen molar-refractivity contribution in [3.05, 3.63) is 75.8 Å². The Bertz CT molecular complexity index is 1300. The summed E-state index contributed by atoms with van der Waals surface area (Å²) in [5.74, 6) is -1.65. The zero-order chi connectivity index (χ0) is 21.4. The predicted molar refractivity (Wildman–Crippen MR) is 114 cm³/mol. The fourth-order valence-electron chi connectivity index (χ4n) is 3.63. The van der Waals surface area contributed by atoms with Gasteiger partial charge >= 0.3 is 29.6 Å². The third kappa shape index (κ3) is 4.40. The quantitative estimate of drug-likeness (QED) is 0.417. The molecule has 0 fully saturated rings. The first-order valence-corrected chi connectivity index (χ1v) is 9.73. The average molecular weight is 465 g/mol. The van der Waals surface area contributed by atoms with E-state index in [1.807, 2.05) is 16.7 Å². The van der Waals surface area contributed by atoms with Crippen LogP contribution in [0, 0.1) is 0 Å². The van der Waals surface area contributed by atoms with Crippen LogP contribution in [0.2, 0.25) is 10.0 Å². The van der Waals surface area contributed by atoms with Gasteiger partial charge in [0.2, 0.25) is 5.91 Å². The van der Waals surface area contributed by atoms with Crippen LogP contribution in [0.3, 0.4) is 0 Å². The van der Waals surface area contributed by atoms with Crippen LogP contribution in [0.15, 0.2) is 54.6 Å². The number of carboxylic acid groups (broad SMARTS) is 1. The number of nitrogens with zero attached hydrogens (tertiary/aromatic N) is 1. The van der Waals surface area contributed by atoms with Crippen LogP contribution in [-0.2, 0) is 11.3 Å². The van der Waals surface area contributed by atoms with E-state index in [0.717, 1.165) is 0 Å². The van der Waals surface area contributed by atoms with Crippen molar-refractivity contribution < 1.29 is 49.0 Å². The number of carbonyl (C=O) groups excluding carboxylic acids is 2. The number of primary amides is 1. The molecule has 0 aliphatic rings. The number of ether oxygens (including phenoxy) is 1. The fourth-order valence-corrected chi connectivity index (χ4v) is 4.14. The molecular formula is C22H15Cl2N2NaO4. The van der Waals surface area contributed by atoms with Crippen molar-refractivity contribution in [3.8, 4) is 5.75 Å². The largest absolute Gasteiger partial charge is 1.00 e. The molecule has 0 saturated heterocycles. The molecule has 0 saturated carbocycles. The minimum absolute atomic E-state index is 0. The number of carboxylic acids is 1. The summed E-state index contributed by atoms with van der Waals surface area (Å²) in [6.07, 6.45) is 0. The molecule has 9 heteroatoms. The second kappa shape index (κ2) is 9.51. The molecule has 1 aromatic heterocycles. The van der Waals surface area contributed by atoms with Crippen LogP contribution >= 0.6 is 23.2 Å². The molecule has 4 aromatic rings. The van der Waals surface area contributed by atoms with Gasteiger partial charge in [0, 0.05) is 26.6 Å². The molecule has 6 nitrogen and oxygen atoms in total. The van der Waals surface area contributed by atoms with Crippen LogP contribution in [0.5, 0.6) is 5.75 Å². The third-order valence-corrected chi connectivity index (χ3v) is 5.58. The van der Waals surface area contributed by atoms with Crippen molar-refractivity contribution in [1.29, 1.82) is 0 Å². The number of fused-ring (bicyclic) bond motifs is 3. The van der Waals surface area contributed by atoms with Gasteiger partial charge in [-0.05, 0) is 36.4 Å². The first-order chi connectivity index (χ1) is 14.4. The van der Waals surface area contributed by atoms with Crippen LogP contribution in [0.25, 0.3) is 21.8 Å². The number of hydrogen-bond donors (Lipinski definition) is 1. The first kappa shape index (κ1) is 23.4. The van der Waals surface area contributed by atoms with Gasteiger partial charge in [0.1, 0.15) is 12.4 Å². The summed E-state index contributed by atoms with van der Waals surface area (Å²) in [6, 6.07) is 15.7. The van der Waals surface area contributed by atoms with E-state index in [0.29, 0.717) is 55.3 Å². The first-order valence-electron chi connectivity index (χ1n) is 8.97. The van der Waals surface area contributed by atoms with Crippen LogP contribution < -0.4 is 45.1 Å². The molecule has 152 valence electrons. The van der Waals surface area contributed by atoms with Crippen LogP contribution in [0.1, 0.15) is 15.9 Å². The van der Waals surface area contributed by atoms with Crippen molar-refractivity contribution in [2.75, 3.05) is 6.61 Å². The van der Waals surface area contributed by atoms with Crippen molar-refractivity contribution in [2.24, 2.45) is 5.73 Å². The van der Waals surface area contributed by atoms with E-state index in [1.54, 1.807) is 42.5 Å². The van der Waals surface area contributed by atoms with Crippen LogP contribution in [-0.4, -0.2) is 23.1 Å². The van der Waals surface area contributed by atoms with E-state index >= 15 is 0 Å². The van der Waals surface area contributed by atoms with Crippen molar-refractivity contribution in [1.82, 2.24) is 4.57 Å². The Balaban J connectivity index is 0.00000272. The van der Waals surface area contributed by atoms with Gasteiger partial charge in [0.15, 0.2) is 0 Å². The van der Waals surface area contributed by atoms with Crippen molar-refractivity contribution in [2.45, 2.75) is 6.54 Å². The van der Waals surface area contributed by atoms with Crippen LogP contribution in [0.4, 0.5) is 0 Å². The molecule has 0 bridgehead atoms. The molecule has 1 amide bonds. The normalized spacial score (nSPS) is 10.8. The summed E-state index contributed by atoms with van der Waals surface area (Å²) in [5.41, 5.74) is 8.05. The van der Waals surface area contributed by atoms with Gasteiger partial charge in [-0.3, -0.25) is 4.79 Å². The molecule has 2 N–H and O–H groups in total. The summed E-state index contributed by atoms with van der Waals surface area (Å²) < 4.78 is 7.40. The third-order valence-electron chi connectivity index (χ3n) is 4.87. The fraction of sp³-hybridized carbons (Fsp3) is 0.0909. The van der Waals surface area contributed by atoms with Gasteiger partial charge in [0.25, 0.3) is 0 Å². The van der Waals surface area contributed by atoms with E-state index in [9.17, 15) is 14.7 Å². The number of aromatic nitrogens is 1. The van der Waals surface area contributed by atoms with E-state index in [-0.39, 0.29) is 29.6 Å². The Morgan fingerprint density at radius 2 is 1.52 bits per heavy atom. The van der Waals surface area contributed by atoms with Gasteiger partial charge in [-0.1, -0.05) is 41.4 Å². The SMILES string of the molecule is NC(=O)c1cccc2c1c1c(OCC(=O)[O-])cccc1n2Cc1c(Cl)cccc1Cl.[Na+]. The molecule has 0 aliphatic carbocycles. The number of rotatable bonds is 6. The molecular weight excluding hydrogens is 450 g/mol. The minimum atomic E-state index is -1.35. The number of carbonyl (C=O) groups is 2. The van der Waals surface area contributed by atoms with Gasteiger partial charge < -0.3 is 24.9 Å². The molecule has 0 atom stereocenters. The number of nitrogens with two attached hydrogens (primary N) is 1. The number of benzene rings is 3. The maximum atomic E-state index is 12.1. The summed E-state index contributed by atoms with van der Waals surface area (Å²) in [5, 5.41) is 13.1. The van der Waals surface area contributed by atoms with Gasteiger partial charge in [-0.2, -0.15) is 0 Å². The minimum Gasteiger partial charge on any atom is -0.546 e. The van der Waals surface area contributed by atoms with E-state index < -0.39 is 18.5 Å². The van der Waals surface area contributed by atoms with E-state index in [2.05, 4.69) is 0 Å². The maximum absolute atomic E-state index is 12.1. The Hall–Kier alpha value is -2.22. The molecule has 0 radical (unpaired) electrons. The Kier molecular flexibility index (Phi) is 7.19. The zero-order valence-electron chi connectivity index (χ0n) is 16.5.